The van der Waals surface area contributed by atoms with Crippen LogP contribution in [0.4, 0.5) is 0 Å². The number of hydrogen-bond acceptors (Lipinski definition) is 4. The molecule has 1 unspecified atom stereocenters. The molecule has 0 bridgehead atoms. The fourth-order valence-electron chi connectivity index (χ4n) is 3.08. The van der Waals surface area contributed by atoms with Crippen molar-refractivity contribution in [2.24, 2.45) is 0 Å². The van der Waals surface area contributed by atoms with E-state index in [4.69, 9.17) is 0 Å². The Morgan fingerprint density at radius 3 is 2.71 bits per heavy atom. The Bertz CT molecular complexity index is 815. The molecule has 1 saturated heterocycles. The van der Waals surface area contributed by atoms with E-state index in [1.165, 1.54) is 4.31 Å². The molecule has 3 heterocycles. The van der Waals surface area contributed by atoms with E-state index in [0.29, 0.717) is 13.1 Å². The molecule has 1 aliphatic rings. The molecule has 0 amide bonds. The molecule has 0 aromatic carbocycles. The first-order chi connectivity index (χ1) is 11.4. The van der Waals surface area contributed by atoms with E-state index in [0.717, 1.165) is 30.0 Å². The summed E-state index contributed by atoms with van der Waals surface area (Å²) in [6.45, 7) is 2.99. The summed E-state index contributed by atoms with van der Waals surface area (Å²) in [5, 5.41) is 0. The van der Waals surface area contributed by atoms with Crippen LogP contribution < -0.4 is 0 Å². The van der Waals surface area contributed by atoms with Crippen LogP contribution in [0.25, 0.3) is 5.69 Å². The Labute approximate surface area is 143 Å². The number of pyridine rings is 1. The van der Waals surface area contributed by atoms with Gasteiger partial charge in [-0.25, -0.2) is 4.98 Å². The van der Waals surface area contributed by atoms with Crippen molar-refractivity contribution >= 4 is 10.2 Å². The first kappa shape index (κ1) is 17.1. The first-order valence-corrected chi connectivity index (χ1v) is 9.43. The number of aromatic nitrogens is 3. The number of hydrogen-bond donors (Lipinski definition) is 0. The van der Waals surface area contributed by atoms with Gasteiger partial charge in [-0.1, -0.05) is 0 Å². The van der Waals surface area contributed by atoms with Gasteiger partial charge in [0.1, 0.15) is 5.82 Å². The molecule has 0 aliphatic carbocycles. The minimum Gasteiger partial charge on any atom is -0.304 e. The lowest BCUT2D eigenvalue weighted by molar-refractivity contribution is 0.296. The Kier molecular flexibility index (Phi) is 4.71. The molecule has 1 aliphatic heterocycles. The van der Waals surface area contributed by atoms with Gasteiger partial charge in [-0.05, 0) is 31.9 Å². The van der Waals surface area contributed by atoms with Crippen LogP contribution in [0, 0.1) is 6.92 Å². The standard InChI is InChI=1S/C16H23N5O2S/c1-13-17-8-10-21(13)15-6-7-18-16(11-15)14-5-4-9-20(12-14)24(22,23)19(2)3/h6-8,10-11,14H,4-5,9,12H2,1-3H3. The third-order valence-electron chi connectivity index (χ3n) is 4.46. The van der Waals surface area contributed by atoms with Crippen LogP contribution in [-0.4, -0.2) is 58.7 Å². The average Bonchev–Trinajstić information content (AvgIpc) is 3.01. The van der Waals surface area contributed by atoms with E-state index in [1.54, 1.807) is 30.8 Å². The third kappa shape index (κ3) is 3.22. The molecule has 130 valence electrons. The lowest BCUT2D eigenvalue weighted by atomic mass is 9.95. The van der Waals surface area contributed by atoms with Gasteiger partial charge in [0.25, 0.3) is 10.2 Å². The lowest BCUT2D eigenvalue weighted by Gasteiger charge is -2.33. The predicted molar refractivity (Wildman–Crippen MR) is 92.3 cm³/mol. The third-order valence-corrected chi connectivity index (χ3v) is 6.37. The van der Waals surface area contributed by atoms with Crippen LogP contribution in [-0.2, 0) is 10.2 Å². The van der Waals surface area contributed by atoms with Gasteiger partial charge in [0.15, 0.2) is 0 Å². The van der Waals surface area contributed by atoms with E-state index >= 15 is 0 Å². The molecular weight excluding hydrogens is 326 g/mol. The van der Waals surface area contributed by atoms with Crippen molar-refractivity contribution < 1.29 is 8.42 Å². The molecule has 0 N–H and O–H groups in total. The van der Waals surface area contributed by atoms with E-state index < -0.39 is 10.2 Å². The molecule has 24 heavy (non-hydrogen) atoms. The van der Waals surface area contributed by atoms with E-state index in [2.05, 4.69) is 9.97 Å². The maximum absolute atomic E-state index is 12.4. The molecular formula is C16H23N5O2S. The molecule has 2 aromatic heterocycles. The second kappa shape index (κ2) is 6.62. The van der Waals surface area contributed by atoms with Crippen molar-refractivity contribution in [1.82, 2.24) is 23.1 Å². The highest BCUT2D eigenvalue weighted by Crippen LogP contribution is 2.28. The highest BCUT2D eigenvalue weighted by molar-refractivity contribution is 7.86. The summed E-state index contributed by atoms with van der Waals surface area (Å²) >= 11 is 0. The van der Waals surface area contributed by atoms with Gasteiger partial charge in [0.2, 0.25) is 0 Å². The van der Waals surface area contributed by atoms with Crippen molar-refractivity contribution in [3.63, 3.8) is 0 Å². The summed E-state index contributed by atoms with van der Waals surface area (Å²) in [5.41, 5.74) is 1.93. The Hall–Kier alpha value is -1.77. The van der Waals surface area contributed by atoms with Gasteiger partial charge in [-0.15, -0.1) is 0 Å². The Morgan fingerprint density at radius 1 is 1.25 bits per heavy atom. The fraction of sp³-hybridized carbons (Fsp3) is 0.500. The minimum atomic E-state index is -3.38. The topological polar surface area (TPSA) is 71.3 Å². The van der Waals surface area contributed by atoms with E-state index in [9.17, 15) is 8.42 Å². The van der Waals surface area contributed by atoms with Gasteiger partial charge in [-0.2, -0.15) is 17.0 Å². The maximum Gasteiger partial charge on any atom is 0.281 e. The second-order valence-electron chi connectivity index (χ2n) is 6.27. The van der Waals surface area contributed by atoms with Gasteiger partial charge >= 0.3 is 0 Å². The second-order valence-corrected chi connectivity index (χ2v) is 8.41. The summed E-state index contributed by atoms with van der Waals surface area (Å²) in [4.78, 5) is 8.74. The SMILES string of the molecule is Cc1nccn1-c1ccnc(C2CCCN(S(=O)(=O)N(C)C)C2)c1. The van der Waals surface area contributed by atoms with Crippen molar-refractivity contribution in [3.05, 3.63) is 42.2 Å². The molecule has 2 aromatic rings. The summed E-state index contributed by atoms with van der Waals surface area (Å²) in [6, 6.07) is 3.97. The molecule has 0 radical (unpaired) electrons. The molecule has 1 fully saturated rings. The number of imidazole rings is 1. The van der Waals surface area contributed by atoms with Gasteiger partial charge in [0.05, 0.1) is 5.69 Å². The fourth-order valence-corrected chi connectivity index (χ4v) is 4.27. The highest BCUT2D eigenvalue weighted by atomic mass is 32.2. The molecule has 0 saturated carbocycles. The van der Waals surface area contributed by atoms with Crippen molar-refractivity contribution in [3.8, 4) is 5.69 Å². The summed E-state index contributed by atoms with van der Waals surface area (Å²) in [7, 11) is -0.239. The number of aryl methyl sites for hydroxylation is 1. The zero-order valence-corrected chi connectivity index (χ0v) is 15.1. The normalized spacial score (nSPS) is 19.8. The Balaban J connectivity index is 1.86. The van der Waals surface area contributed by atoms with E-state index in [-0.39, 0.29) is 5.92 Å². The van der Waals surface area contributed by atoms with Gasteiger partial charge < -0.3 is 4.57 Å². The zero-order chi connectivity index (χ0) is 17.3. The van der Waals surface area contributed by atoms with Crippen LogP contribution in [0.5, 0.6) is 0 Å². The van der Waals surface area contributed by atoms with Crippen LogP contribution in [0.15, 0.2) is 30.7 Å². The average molecular weight is 349 g/mol. The van der Waals surface area contributed by atoms with Crippen LogP contribution in [0.2, 0.25) is 0 Å². The largest absolute Gasteiger partial charge is 0.304 e. The number of piperidine rings is 1. The van der Waals surface area contributed by atoms with Gasteiger partial charge in [-0.3, -0.25) is 4.98 Å². The molecule has 1 atom stereocenters. The number of nitrogens with zero attached hydrogens (tertiary/aromatic N) is 5. The summed E-state index contributed by atoms with van der Waals surface area (Å²) in [6.07, 6.45) is 7.25. The van der Waals surface area contributed by atoms with Crippen molar-refractivity contribution in [1.29, 1.82) is 0 Å². The monoisotopic (exact) mass is 349 g/mol. The van der Waals surface area contributed by atoms with Crippen LogP contribution in [0.1, 0.15) is 30.3 Å². The molecule has 3 rings (SSSR count). The van der Waals surface area contributed by atoms with Gasteiger partial charge in [0, 0.05) is 57.4 Å². The molecule has 7 nitrogen and oxygen atoms in total. The smallest absolute Gasteiger partial charge is 0.281 e. The quantitative estimate of drug-likeness (QED) is 0.840. The Morgan fingerprint density at radius 2 is 2.04 bits per heavy atom. The first-order valence-electron chi connectivity index (χ1n) is 8.03. The maximum atomic E-state index is 12.4. The lowest BCUT2D eigenvalue weighted by Crippen LogP contribution is -2.45. The highest BCUT2D eigenvalue weighted by Gasteiger charge is 2.31. The van der Waals surface area contributed by atoms with Crippen molar-refractivity contribution in [2.75, 3.05) is 27.2 Å². The summed E-state index contributed by atoms with van der Waals surface area (Å²) in [5.74, 6) is 1.02. The van der Waals surface area contributed by atoms with Crippen LogP contribution in [0.3, 0.4) is 0 Å². The van der Waals surface area contributed by atoms with Crippen LogP contribution >= 0.6 is 0 Å². The minimum absolute atomic E-state index is 0.109. The zero-order valence-electron chi connectivity index (χ0n) is 14.3. The number of rotatable bonds is 4. The predicted octanol–water partition coefficient (Wildman–Crippen LogP) is 1.56. The molecule has 8 heteroatoms. The molecule has 0 spiro atoms. The van der Waals surface area contributed by atoms with E-state index in [1.807, 2.05) is 29.8 Å². The van der Waals surface area contributed by atoms with Crippen molar-refractivity contribution in [2.45, 2.75) is 25.7 Å². The summed E-state index contributed by atoms with van der Waals surface area (Å²) < 4.78 is 29.6.